The number of aromatic nitrogens is 4. The van der Waals surface area contributed by atoms with Crippen LogP contribution >= 0.6 is 15.9 Å². The van der Waals surface area contributed by atoms with Crippen LogP contribution in [0.3, 0.4) is 0 Å². The third-order valence-corrected chi connectivity index (χ3v) is 5.09. The number of nitrogens with zero attached hydrogens (tertiary/aromatic N) is 5. The number of anilines is 2. The van der Waals surface area contributed by atoms with Crippen molar-refractivity contribution in [2.24, 2.45) is 7.05 Å². The van der Waals surface area contributed by atoms with Crippen molar-refractivity contribution >= 4 is 38.5 Å². The van der Waals surface area contributed by atoms with Crippen LogP contribution in [0.15, 0.2) is 35.2 Å². The second-order valence-corrected chi connectivity index (χ2v) is 6.97. The van der Waals surface area contributed by atoms with Crippen molar-refractivity contribution < 1.29 is 4.39 Å². The van der Waals surface area contributed by atoms with Crippen molar-refractivity contribution in [2.45, 2.75) is 18.9 Å². The van der Waals surface area contributed by atoms with Crippen LogP contribution < -0.4 is 10.2 Å². The number of piperidine rings is 1. The lowest BCUT2D eigenvalue weighted by Gasteiger charge is -2.35. The van der Waals surface area contributed by atoms with Gasteiger partial charge in [-0.05, 0) is 40.9 Å². The Labute approximate surface area is 153 Å². The molecule has 130 valence electrons. The fourth-order valence-corrected chi connectivity index (χ4v) is 3.97. The molecule has 3 aromatic rings. The highest BCUT2D eigenvalue weighted by atomic mass is 79.9. The minimum atomic E-state index is -0.178. The van der Waals surface area contributed by atoms with Crippen molar-refractivity contribution in [3.8, 4) is 0 Å². The molecule has 1 aromatic carbocycles. The van der Waals surface area contributed by atoms with E-state index in [0.717, 1.165) is 47.4 Å². The minimum Gasteiger partial charge on any atom is -0.367 e. The average molecular weight is 405 g/mol. The zero-order valence-electron chi connectivity index (χ0n) is 13.8. The molecule has 0 amide bonds. The molecule has 0 radical (unpaired) electrons. The van der Waals surface area contributed by atoms with Gasteiger partial charge in [-0.2, -0.15) is 5.10 Å². The number of fused-ring (bicyclic) bond motifs is 1. The number of aryl methyl sites for hydroxylation is 1. The predicted molar refractivity (Wildman–Crippen MR) is 99.3 cm³/mol. The molecule has 0 aliphatic carbocycles. The first-order valence-corrected chi connectivity index (χ1v) is 9.02. The highest BCUT2D eigenvalue weighted by Gasteiger charge is 2.23. The monoisotopic (exact) mass is 404 g/mol. The Morgan fingerprint density at radius 2 is 2.12 bits per heavy atom. The Hall–Kier alpha value is -2.22. The summed E-state index contributed by atoms with van der Waals surface area (Å²) >= 11 is 3.48. The summed E-state index contributed by atoms with van der Waals surface area (Å²) in [4.78, 5) is 10.8. The molecular formula is C17H18BrFN6. The van der Waals surface area contributed by atoms with Crippen LogP contribution in [0.25, 0.3) is 11.0 Å². The molecule has 0 saturated carbocycles. The molecule has 0 bridgehead atoms. The first-order chi connectivity index (χ1) is 12.1. The van der Waals surface area contributed by atoms with Crippen molar-refractivity contribution in [2.75, 3.05) is 23.3 Å². The number of benzene rings is 1. The number of hydrogen-bond acceptors (Lipinski definition) is 5. The molecule has 8 heteroatoms. The second kappa shape index (κ2) is 6.59. The summed E-state index contributed by atoms with van der Waals surface area (Å²) in [6.45, 7) is 1.58. The van der Waals surface area contributed by atoms with Crippen LogP contribution in [0.5, 0.6) is 0 Å². The number of rotatable bonds is 3. The molecule has 3 heterocycles. The number of nitrogens with one attached hydrogen (secondary N) is 1. The van der Waals surface area contributed by atoms with Gasteiger partial charge in [0.15, 0.2) is 5.65 Å². The van der Waals surface area contributed by atoms with Crippen LogP contribution in [0.4, 0.5) is 15.9 Å². The van der Waals surface area contributed by atoms with Crippen molar-refractivity contribution in [1.29, 1.82) is 0 Å². The predicted octanol–water partition coefficient (Wildman–Crippen LogP) is 3.35. The summed E-state index contributed by atoms with van der Waals surface area (Å²) in [6, 6.07) is 7.11. The summed E-state index contributed by atoms with van der Waals surface area (Å²) in [7, 11) is 1.85. The van der Waals surface area contributed by atoms with Gasteiger partial charge in [0.05, 0.1) is 11.1 Å². The fraction of sp³-hybridized carbons (Fsp3) is 0.353. The molecule has 25 heavy (non-hydrogen) atoms. The van der Waals surface area contributed by atoms with Crippen molar-refractivity contribution in [3.63, 3.8) is 0 Å². The quantitative estimate of drug-likeness (QED) is 0.725. The van der Waals surface area contributed by atoms with Gasteiger partial charge in [-0.1, -0.05) is 12.1 Å². The largest absolute Gasteiger partial charge is 0.367 e. The van der Waals surface area contributed by atoms with Crippen LogP contribution in [0.1, 0.15) is 12.8 Å². The molecule has 1 unspecified atom stereocenters. The van der Waals surface area contributed by atoms with E-state index in [9.17, 15) is 4.39 Å². The number of para-hydroxylation sites is 1. The van der Waals surface area contributed by atoms with E-state index in [4.69, 9.17) is 0 Å². The van der Waals surface area contributed by atoms with Gasteiger partial charge >= 0.3 is 0 Å². The lowest BCUT2D eigenvalue weighted by molar-refractivity contribution is 0.518. The molecular weight excluding hydrogens is 387 g/mol. The zero-order chi connectivity index (χ0) is 17.4. The summed E-state index contributed by atoms with van der Waals surface area (Å²) in [5.74, 6) is 0.577. The van der Waals surface area contributed by atoms with Gasteiger partial charge in [-0.25, -0.2) is 19.0 Å². The van der Waals surface area contributed by atoms with Crippen molar-refractivity contribution in [3.05, 3.63) is 41.0 Å². The molecule has 4 rings (SSSR count). The topological polar surface area (TPSA) is 58.9 Å². The fourth-order valence-electron chi connectivity index (χ4n) is 3.37. The van der Waals surface area contributed by atoms with Gasteiger partial charge in [0.1, 0.15) is 22.6 Å². The van der Waals surface area contributed by atoms with E-state index in [2.05, 4.69) is 41.2 Å². The maximum absolute atomic E-state index is 14.1. The summed E-state index contributed by atoms with van der Waals surface area (Å²) < 4.78 is 16.5. The van der Waals surface area contributed by atoms with Gasteiger partial charge in [-0.15, -0.1) is 0 Å². The Morgan fingerprint density at radius 1 is 1.28 bits per heavy atom. The zero-order valence-corrected chi connectivity index (χ0v) is 15.4. The van der Waals surface area contributed by atoms with Gasteiger partial charge in [-0.3, -0.25) is 0 Å². The molecule has 1 aliphatic heterocycles. The summed E-state index contributed by atoms with van der Waals surface area (Å²) in [6.07, 6.45) is 3.54. The van der Waals surface area contributed by atoms with Crippen LogP contribution in [-0.2, 0) is 7.05 Å². The van der Waals surface area contributed by atoms with Gasteiger partial charge in [0.2, 0.25) is 0 Å². The molecule has 2 aromatic heterocycles. The Morgan fingerprint density at radius 3 is 2.96 bits per heavy atom. The normalized spacial score (nSPS) is 17.9. The van der Waals surface area contributed by atoms with Gasteiger partial charge < -0.3 is 10.2 Å². The average Bonchev–Trinajstić information content (AvgIpc) is 2.91. The van der Waals surface area contributed by atoms with E-state index < -0.39 is 0 Å². The minimum absolute atomic E-state index is 0.178. The molecule has 1 fully saturated rings. The lowest BCUT2D eigenvalue weighted by Crippen LogP contribution is -2.42. The maximum atomic E-state index is 14.1. The third kappa shape index (κ3) is 3.06. The smallest absolute Gasteiger partial charge is 0.164 e. The SMILES string of the molecule is Cn1nc(Br)c2c(NC3CCCN(c4ccccc4F)C3)ncnc21. The third-order valence-electron chi connectivity index (χ3n) is 4.53. The first kappa shape index (κ1) is 16.3. The summed E-state index contributed by atoms with van der Waals surface area (Å²) in [5.41, 5.74) is 1.43. The molecule has 1 N–H and O–H groups in total. The highest BCUT2D eigenvalue weighted by molar-refractivity contribution is 9.10. The molecule has 1 saturated heterocycles. The number of halogens is 2. The van der Waals surface area contributed by atoms with Crippen LogP contribution in [0, 0.1) is 5.82 Å². The van der Waals surface area contributed by atoms with E-state index >= 15 is 0 Å². The standard InChI is InChI=1S/C17H18BrFN6/c1-24-17-14(15(18)23-24)16(20-10-21-17)22-11-5-4-8-25(9-11)13-7-3-2-6-12(13)19/h2-3,6-7,10-11H,4-5,8-9H2,1H3,(H,20,21,22). The molecule has 1 aliphatic rings. The van der Waals surface area contributed by atoms with E-state index in [0.29, 0.717) is 5.69 Å². The van der Waals surface area contributed by atoms with Crippen LogP contribution in [-0.4, -0.2) is 38.9 Å². The van der Waals surface area contributed by atoms with Gasteiger partial charge in [0, 0.05) is 26.2 Å². The lowest BCUT2D eigenvalue weighted by atomic mass is 10.0. The molecule has 6 nitrogen and oxygen atoms in total. The van der Waals surface area contributed by atoms with Crippen molar-refractivity contribution in [1.82, 2.24) is 19.7 Å². The Balaban J connectivity index is 1.58. The van der Waals surface area contributed by atoms with Gasteiger partial charge in [0.25, 0.3) is 0 Å². The Bertz CT molecular complexity index is 911. The van der Waals surface area contributed by atoms with E-state index in [-0.39, 0.29) is 11.9 Å². The molecule has 1 atom stereocenters. The van der Waals surface area contributed by atoms with E-state index in [1.54, 1.807) is 10.7 Å². The maximum Gasteiger partial charge on any atom is 0.164 e. The van der Waals surface area contributed by atoms with Crippen LogP contribution in [0.2, 0.25) is 0 Å². The Kier molecular flexibility index (Phi) is 4.29. The number of hydrogen-bond donors (Lipinski definition) is 1. The van der Waals surface area contributed by atoms with E-state index in [1.165, 1.54) is 12.4 Å². The summed E-state index contributed by atoms with van der Waals surface area (Å²) in [5, 5.41) is 8.72. The molecule has 0 spiro atoms. The highest BCUT2D eigenvalue weighted by Crippen LogP contribution is 2.29. The second-order valence-electron chi connectivity index (χ2n) is 6.22. The first-order valence-electron chi connectivity index (χ1n) is 8.22. The van der Waals surface area contributed by atoms with E-state index in [1.807, 2.05) is 19.2 Å².